The minimum atomic E-state index is -2.19. The van der Waals surface area contributed by atoms with Gasteiger partial charge in [-0.1, -0.05) is 12.8 Å². The molecular weight excluding hydrogens is 218 g/mol. The molecule has 16 heavy (non-hydrogen) atoms. The summed E-state index contributed by atoms with van der Waals surface area (Å²) in [4.78, 5) is 10.4. The van der Waals surface area contributed by atoms with E-state index < -0.39 is 8.80 Å². The van der Waals surface area contributed by atoms with E-state index in [2.05, 4.69) is 35.7 Å². The summed E-state index contributed by atoms with van der Waals surface area (Å²) in [6.45, 7) is 6.29. The molecule has 3 N–H and O–H groups in total. The van der Waals surface area contributed by atoms with Gasteiger partial charge in [0.05, 0.1) is 5.60 Å². The Morgan fingerprint density at radius 2 is 1.56 bits per heavy atom. The zero-order valence-corrected chi connectivity index (χ0v) is 12.3. The second kappa shape index (κ2) is 5.60. The Bertz CT molecular complexity index is 208. The first-order chi connectivity index (χ1) is 7.41. The SMILES string of the molecule is CN[Si](NC)(NC1CCCC1)OC(C)(C)C. The molecule has 0 aliphatic heterocycles. The van der Waals surface area contributed by atoms with Crippen molar-refractivity contribution in [2.75, 3.05) is 14.1 Å². The van der Waals surface area contributed by atoms with Gasteiger partial charge in [0.2, 0.25) is 0 Å². The Labute approximate surface area is 101 Å². The van der Waals surface area contributed by atoms with Crippen molar-refractivity contribution in [1.29, 1.82) is 0 Å². The molecule has 0 spiro atoms. The Hall–Kier alpha value is 0.0569. The van der Waals surface area contributed by atoms with Gasteiger partial charge in [0.25, 0.3) is 0 Å². The van der Waals surface area contributed by atoms with E-state index >= 15 is 0 Å². The lowest BCUT2D eigenvalue weighted by atomic mass is 10.2. The predicted octanol–water partition coefficient (Wildman–Crippen LogP) is 1.21. The lowest BCUT2D eigenvalue weighted by molar-refractivity contribution is 0.101. The van der Waals surface area contributed by atoms with Crippen LogP contribution in [-0.4, -0.2) is 34.5 Å². The summed E-state index contributed by atoms with van der Waals surface area (Å²) in [5.74, 6) is 0. The van der Waals surface area contributed by atoms with E-state index in [0.717, 1.165) is 0 Å². The third-order valence-corrected chi connectivity index (χ3v) is 6.07. The molecule has 1 aliphatic rings. The van der Waals surface area contributed by atoms with Gasteiger partial charge in [0.1, 0.15) is 0 Å². The first-order valence-electron chi connectivity index (χ1n) is 6.26. The smallest absolute Gasteiger partial charge is 0.375 e. The zero-order chi connectivity index (χ0) is 12.2. The normalized spacial score (nSPS) is 19.3. The highest BCUT2D eigenvalue weighted by atomic mass is 28.4. The summed E-state index contributed by atoms with van der Waals surface area (Å²) in [6, 6.07) is 0.605. The molecule has 4 nitrogen and oxygen atoms in total. The summed E-state index contributed by atoms with van der Waals surface area (Å²) >= 11 is 0. The van der Waals surface area contributed by atoms with Gasteiger partial charge in [0.15, 0.2) is 0 Å². The van der Waals surface area contributed by atoms with Crippen LogP contribution in [-0.2, 0) is 4.43 Å². The molecule has 0 heterocycles. The number of rotatable bonds is 5. The van der Waals surface area contributed by atoms with Gasteiger partial charge in [-0.2, -0.15) is 0 Å². The highest BCUT2D eigenvalue weighted by Crippen LogP contribution is 2.20. The van der Waals surface area contributed by atoms with Crippen LogP contribution < -0.4 is 14.9 Å². The van der Waals surface area contributed by atoms with Crippen molar-refractivity contribution in [2.45, 2.75) is 58.1 Å². The molecule has 1 aliphatic carbocycles. The average molecular weight is 245 g/mol. The molecule has 1 rings (SSSR count). The summed E-state index contributed by atoms with van der Waals surface area (Å²) in [5, 5.41) is 0. The molecule has 0 unspecified atom stereocenters. The van der Waals surface area contributed by atoms with Gasteiger partial charge in [-0.05, 0) is 47.7 Å². The van der Waals surface area contributed by atoms with Crippen LogP contribution in [0.2, 0.25) is 0 Å². The van der Waals surface area contributed by atoms with E-state index in [1.807, 2.05) is 14.1 Å². The van der Waals surface area contributed by atoms with Crippen molar-refractivity contribution in [1.82, 2.24) is 14.9 Å². The lowest BCUT2D eigenvalue weighted by Crippen LogP contribution is -2.75. The molecule has 0 radical (unpaired) electrons. The molecule has 1 saturated carbocycles. The molecule has 0 aromatic heterocycles. The fourth-order valence-corrected chi connectivity index (χ4v) is 4.80. The van der Waals surface area contributed by atoms with E-state index in [1.54, 1.807) is 0 Å². The Morgan fingerprint density at radius 3 is 1.94 bits per heavy atom. The maximum Gasteiger partial charge on any atom is 0.440 e. The minimum Gasteiger partial charge on any atom is -0.375 e. The predicted molar refractivity (Wildman–Crippen MR) is 70.1 cm³/mol. The zero-order valence-electron chi connectivity index (χ0n) is 11.3. The topological polar surface area (TPSA) is 45.3 Å². The third kappa shape index (κ3) is 4.14. The van der Waals surface area contributed by atoms with Crippen molar-refractivity contribution >= 4 is 8.80 Å². The quantitative estimate of drug-likeness (QED) is 0.637. The Balaban J connectivity index is 2.62. The Kier molecular flexibility index (Phi) is 4.94. The van der Waals surface area contributed by atoms with Gasteiger partial charge < -0.3 is 4.43 Å². The van der Waals surface area contributed by atoms with Crippen LogP contribution in [0.4, 0.5) is 0 Å². The van der Waals surface area contributed by atoms with Gasteiger partial charge in [-0.25, -0.2) is 0 Å². The van der Waals surface area contributed by atoms with Crippen LogP contribution in [0.1, 0.15) is 46.5 Å². The molecular formula is C11H27N3OSi. The van der Waals surface area contributed by atoms with Crippen LogP contribution in [0.15, 0.2) is 0 Å². The van der Waals surface area contributed by atoms with E-state index in [-0.39, 0.29) is 5.60 Å². The summed E-state index contributed by atoms with van der Waals surface area (Å²) in [7, 11) is 1.74. The monoisotopic (exact) mass is 245 g/mol. The molecule has 96 valence electrons. The fraction of sp³-hybridized carbons (Fsp3) is 1.00. The van der Waals surface area contributed by atoms with Crippen LogP contribution in [0.3, 0.4) is 0 Å². The third-order valence-electron chi connectivity index (χ3n) is 2.93. The molecule has 0 aromatic carbocycles. The van der Waals surface area contributed by atoms with Crippen molar-refractivity contribution in [3.63, 3.8) is 0 Å². The lowest BCUT2D eigenvalue weighted by Gasteiger charge is -2.38. The van der Waals surface area contributed by atoms with Gasteiger partial charge in [-0.3, -0.25) is 14.9 Å². The number of hydrogen-bond donors (Lipinski definition) is 3. The van der Waals surface area contributed by atoms with Crippen molar-refractivity contribution in [3.8, 4) is 0 Å². The summed E-state index contributed by atoms with van der Waals surface area (Å²) in [5.41, 5.74) is -0.135. The fourth-order valence-electron chi connectivity index (χ4n) is 2.22. The summed E-state index contributed by atoms with van der Waals surface area (Å²) < 4.78 is 6.19. The second-order valence-corrected chi connectivity index (χ2v) is 8.38. The van der Waals surface area contributed by atoms with Crippen LogP contribution in [0.25, 0.3) is 0 Å². The first-order valence-corrected chi connectivity index (χ1v) is 8.17. The highest BCUT2D eigenvalue weighted by Gasteiger charge is 2.40. The number of nitrogens with one attached hydrogen (secondary N) is 3. The van der Waals surface area contributed by atoms with Crippen molar-refractivity contribution in [3.05, 3.63) is 0 Å². The standard InChI is InChI=1S/C11H27N3OSi/c1-11(2,3)15-16(12-4,13-5)14-10-8-6-7-9-10/h10,12-14H,6-9H2,1-5H3. The second-order valence-electron chi connectivity index (χ2n) is 5.52. The highest BCUT2D eigenvalue weighted by molar-refractivity contribution is 6.66. The van der Waals surface area contributed by atoms with Gasteiger partial charge >= 0.3 is 8.80 Å². The number of hydrogen-bond acceptors (Lipinski definition) is 4. The van der Waals surface area contributed by atoms with E-state index in [0.29, 0.717) is 6.04 Å². The van der Waals surface area contributed by atoms with E-state index in [1.165, 1.54) is 25.7 Å². The largest absolute Gasteiger partial charge is 0.440 e. The molecule has 0 saturated heterocycles. The molecule has 5 heteroatoms. The maximum absolute atomic E-state index is 6.19. The van der Waals surface area contributed by atoms with E-state index in [4.69, 9.17) is 4.43 Å². The molecule has 1 fully saturated rings. The molecule has 0 amide bonds. The molecule has 0 bridgehead atoms. The van der Waals surface area contributed by atoms with E-state index in [9.17, 15) is 0 Å². The maximum atomic E-state index is 6.19. The minimum absolute atomic E-state index is 0.135. The van der Waals surface area contributed by atoms with Gasteiger partial charge in [-0.15, -0.1) is 0 Å². The Morgan fingerprint density at radius 1 is 1.06 bits per heavy atom. The van der Waals surface area contributed by atoms with Crippen molar-refractivity contribution in [2.24, 2.45) is 0 Å². The van der Waals surface area contributed by atoms with Crippen molar-refractivity contribution < 1.29 is 4.43 Å². The van der Waals surface area contributed by atoms with Crippen LogP contribution in [0, 0.1) is 0 Å². The van der Waals surface area contributed by atoms with Crippen LogP contribution in [0.5, 0.6) is 0 Å². The van der Waals surface area contributed by atoms with Gasteiger partial charge in [0, 0.05) is 6.04 Å². The average Bonchev–Trinajstić information content (AvgIpc) is 2.67. The van der Waals surface area contributed by atoms with Crippen LogP contribution >= 0.6 is 0 Å². The first kappa shape index (κ1) is 14.1. The summed E-state index contributed by atoms with van der Waals surface area (Å²) in [6.07, 6.45) is 5.22. The molecule has 0 aromatic rings. The molecule has 0 atom stereocenters.